The van der Waals surface area contributed by atoms with E-state index in [1.807, 2.05) is 23.6 Å². The van der Waals surface area contributed by atoms with Crippen LogP contribution in [0.2, 0.25) is 0 Å². The molecule has 0 unspecified atom stereocenters. The number of nitro groups is 1. The molecule has 25 heavy (non-hydrogen) atoms. The minimum Gasteiger partial charge on any atom is -0.487 e. The van der Waals surface area contributed by atoms with Gasteiger partial charge in [-0.25, -0.2) is 4.98 Å². The summed E-state index contributed by atoms with van der Waals surface area (Å²) in [4.78, 5) is 14.8. The smallest absolute Gasteiger partial charge is 0.269 e. The summed E-state index contributed by atoms with van der Waals surface area (Å²) in [5.74, 6) is 2.02. The van der Waals surface area contributed by atoms with E-state index in [0.717, 1.165) is 27.8 Å². The van der Waals surface area contributed by atoms with Crippen LogP contribution in [0.25, 0.3) is 10.6 Å². The zero-order valence-electron chi connectivity index (χ0n) is 12.9. The number of non-ortho nitro benzene ring substituents is 1. The number of hydrogen-bond donors (Lipinski definition) is 0. The highest BCUT2D eigenvalue weighted by Crippen LogP contribution is 2.36. The van der Waals surface area contributed by atoms with E-state index in [-0.39, 0.29) is 12.5 Å². The van der Waals surface area contributed by atoms with Gasteiger partial charge in [0.15, 0.2) is 11.5 Å². The highest BCUT2D eigenvalue weighted by Gasteiger charge is 2.15. The fraction of sp³-hybridized carbons (Fsp3) is 0.118. The Morgan fingerprint density at radius 2 is 1.96 bits per heavy atom. The number of aromatic nitrogens is 1. The number of hydrogen-bond acceptors (Lipinski definition) is 7. The summed E-state index contributed by atoms with van der Waals surface area (Å²) < 4.78 is 16.3. The van der Waals surface area contributed by atoms with E-state index in [9.17, 15) is 10.1 Å². The van der Waals surface area contributed by atoms with Crippen LogP contribution in [0.1, 0.15) is 5.69 Å². The van der Waals surface area contributed by atoms with Crippen molar-refractivity contribution in [2.24, 2.45) is 0 Å². The van der Waals surface area contributed by atoms with Crippen molar-refractivity contribution >= 4 is 17.0 Å². The molecule has 4 rings (SSSR count). The van der Waals surface area contributed by atoms with Crippen LogP contribution in [0.15, 0.2) is 47.8 Å². The third kappa shape index (κ3) is 3.24. The molecule has 0 atom stereocenters. The van der Waals surface area contributed by atoms with Crippen LogP contribution >= 0.6 is 11.3 Å². The van der Waals surface area contributed by atoms with Crippen molar-refractivity contribution in [2.75, 3.05) is 6.79 Å². The molecule has 0 fully saturated rings. The van der Waals surface area contributed by atoms with Crippen LogP contribution in [0.5, 0.6) is 17.2 Å². The third-order valence-corrected chi connectivity index (χ3v) is 4.55. The Balaban J connectivity index is 1.44. The molecule has 3 aromatic rings. The molecular weight excluding hydrogens is 344 g/mol. The summed E-state index contributed by atoms with van der Waals surface area (Å²) >= 11 is 1.51. The van der Waals surface area contributed by atoms with Crippen LogP contribution in [0.4, 0.5) is 5.69 Å². The number of benzene rings is 2. The highest BCUT2D eigenvalue weighted by molar-refractivity contribution is 7.13. The van der Waals surface area contributed by atoms with E-state index in [1.165, 1.54) is 23.5 Å². The summed E-state index contributed by atoms with van der Waals surface area (Å²) in [7, 11) is 0. The predicted octanol–water partition coefficient (Wildman–Crippen LogP) is 4.03. The second-order valence-electron chi connectivity index (χ2n) is 5.25. The van der Waals surface area contributed by atoms with Gasteiger partial charge in [0, 0.05) is 23.1 Å². The van der Waals surface area contributed by atoms with E-state index < -0.39 is 4.92 Å². The number of thiazole rings is 1. The molecule has 2 aromatic carbocycles. The lowest BCUT2D eigenvalue weighted by Crippen LogP contribution is -1.96. The average Bonchev–Trinajstić information content (AvgIpc) is 3.28. The molecule has 0 aliphatic carbocycles. The van der Waals surface area contributed by atoms with Gasteiger partial charge in [0.25, 0.3) is 5.69 Å². The first kappa shape index (κ1) is 15.4. The molecule has 1 aliphatic rings. The Bertz CT molecular complexity index is 923. The van der Waals surface area contributed by atoms with Crippen LogP contribution in [0, 0.1) is 10.1 Å². The van der Waals surface area contributed by atoms with Crippen LogP contribution in [0.3, 0.4) is 0 Å². The zero-order valence-corrected chi connectivity index (χ0v) is 13.7. The van der Waals surface area contributed by atoms with Gasteiger partial charge < -0.3 is 14.2 Å². The molecule has 0 radical (unpaired) electrons. The van der Waals surface area contributed by atoms with Crippen molar-refractivity contribution in [1.29, 1.82) is 0 Å². The number of rotatable bonds is 5. The van der Waals surface area contributed by atoms with E-state index in [0.29, 0.717) is 12.4 Å². The van der Waals surface area contributed by atoms with Gasteiger partial charge in [-0.3, -0.25) is 10.1 Å². The van der Waals surface area contributed by atoms with Gasteiger partial charge in [0.05, 0.1) is 10.6 Å². The first-order valence-corrected chi connectivity index (χ1v) is 8.29. The van der Waals surface area contributed by atoms with Crippen molar-refractivity contribution in [3.63, 3.8) is 0 Å². The van der Waals surface area contributed by atoms with Crippen molar-refractivity contribution in [3.05, 3.63) is 63.7 Å². The van der Waals surface area contributed by atoms with Crippen molar-refractivity contribution in [2.45, 2.75) is 6.61 Å². The zero-order chi connectivity index (χ0) is 17.2. The first-order valence-electron chi connectivity index (χ1n) is 7.41. The Kier molecular flexibility index (Phi) is 3.95. The quantitative estimate of drug-likeness (QED) is 0.507. The van der Waals surface area contributed by atoms with Gasteiger partial charge in [-0.2, -0.15) is 0 Å². The minimum absolute atomic E-state index is 0.0334. The first-order chi connectivity index (χ1) is 12.2. The SMILES string of the molecule is O=[N+]([O-])c1ccc(OCc2csc(-c3ccc4c(c3)OCO4)n2)cc1. The molecule has 0 spiro atoms. The van der Waals surface area contributed by atoms with E-state index in [4.69, 9.17) is 14.2 Å². The Hall–Kier alpha value is -3.13. The Labute approximate surface area is 146 Å². The molecule has 7 nitrogen and oxygen atoms in total. The Morgan fingerprint density at radius 3 is 2.76 bits per heavy atom. The maximum atomic E-state index is 10.6. The van der Waals surface area contributed by atoms with E-state index in [2.05, 4.69) is 4.98 Å². The van der Waals surface area contributed by atoms with Crippen LogP contribution in [-0.4, -0.2) is 16.7 Å². The number of ether oxygens (including phenoxy) is 3. The average molecular weight is 356 g/mol. The molecule has 1 aromatic heterocycles. The van der Waals surface area contributed by atoms with Gasteiger partial charge in [-0.15, -0.1) is 11.3 Å². The largest absolute Gasteiger partial charge is 0.487 e. The second-order valence-corrected chi connectivity index (χ2v) is 6.11. The van der Waals surface area contributed by atoms with Gasteiger partial charge in [-0.05, 0) is 30.3 Å². The predicted molar refractivity (Wildman–Crippen MR) is 91.1 cm³/mol. The molecule has 2 heterocycles. The monoisotopic (exact) mass is 356 g/mol. The lowest BCUT2D eigenvalue weighted by Gasteiger charge is -2.03. The molecule has 0 saturated heterocycles. The summed E-state index contributed by atoms with van der Waals surface area (Å²) in [5, 5.41) is 13.4. The molecule has 8 heteroatoms. The lowest BCUT2D eigenvalue weighted by atomic mass is 10.2. The standard InChI is InChI=1S/C17H12N2O5S/c20-19(21)13-2-4-14(5-3-13)22-8-12-9-25-17(18-12)11-1-6-15-16(7-11)24-10-23-15/h1-7,9H,8,10H2. The molecule has 0 saturated carbocycles. The molecule has 126 valence electrons. The number of fused-ring (bicyclic) bond motifs is 1. The van der Waals surface area contributed by atoms with Crippen LogP contribution < -0.4 is 14.2 Å². The fourth-order valence-corrected chi connectivity index (χ4v) is 3.16. The lowest BCUT2D eigenvalue weighted by molar-refractivity contribution is -0.384. The van der Waals surface area contributed by atoms with Crippen LogP contribution in [-0.2, 0) is 6.61 Å². The Morgan fingerprint density at radius 1 is 1.16 bits per heavy atom. The van der Waals surface area contributed by atoms with Gasteiger partial charge >= 0.3 is 0 Å². The number of nitro benzene ring substituents is 1. The van der Waals surface area contributed by atoms with Crippen molar-refractivity contribution in [1.82, 2.24) is 4.98 Å². The second kappa shape index (κ2) is 6.40. The fourth-order valence-electron chi connectivity index (χ4n) is 2.36. The maximum Gasteiger partial charge on any atom is 0.269 e. The van der Waals surface area contributed by atoms with Crippen molar-refractivity contribution in [3.8, 4) is 27.8 Å². The van der Waals surface area contributed by atoms with Gasteiger partial charge in [0.2, 0.25) is 6.79 Å². The van der Waals surface area contributed by atoms with E-state index >= 15 is 0 Å². The summed E-state index contributed by atoms with van der Waals surface area (Å²) in [5.41, 5.74) is 1.78. The third-order valence-electron chi connectivity index (χ3n) is 3.61. The summed E-state index contributed by atoms with van der Waals surface area (Å²) in [6.45, 7) is 0.532. The van der Waals surface area contributed by atoms with Gasteiger partial charge in [-0.1, -0.05) is 0 Å². The summed E-state index contributed by atoms with van der Waals surface area (Å²) in [6, 6.07) is 11.7. The van der Waals surface area contributed by atoms with E-state index in [1.54, 1.807) is 12.1 Å². The highest BCUT2D eigenvalue weighted by atomic mass is 32.1. The number of nitrogens with zero attached hydrogens (tertiary/aromatic N) is 2. The molecule has 1 aliphatic heterocycles. The normalized spacial score (nSPS) is 12.2. The topological polar surface area (TPSA) is 83.7 Å². The van der Waals surface area contributed by atoms with Crippen molar-refractivity contribution < 1.29 is 19.1 Å². The maximum absolute atomic E-state index is 10.6. The molecule has 0 bridgehead atoms. The molecule has 0 N–H and O–H groups in total. The van der Waals surface area contributed by atoms with Gasteiger partial charge in [0.1, 0.15) is 17.4 Å². The summed E-state index contributed by atoms with van der Waals surface area (Å²) in [6.07, 6.45) is 0. The molecular formula is C17H12N2O5S. The minimum atomic E-state index is -0.443. The molecule has 0 amide bonds.